The SMILES string of the molecule is CCCN1CC(NC(=O)c2cccc(-c3cc(=O)[nH]c(N)n3)c2)CC1=O. The molecule has 0 radical (unpaired) electrons. The van der Waals surface area contributed by atoms with Gasteiger partial charge in [0.15, 0.2) is 0 Å². The van der Waals surface area contributed by atoms with Crippen LogP contribution < -0.4 is 16.6 Å². The number of nitrogens with one attached hydrogen (secondary N) is 2. The van der Waals surface area contributed by atoms with Crippen LogP contribution in [0.5, 0.6) is 0 Å². The smallest absolute Gasteiger partial charge is 0.252 e. The summed E-state index contributed by atoms with van der Waals surface area (Å²) in [5.74, 6) is -0.183. The summed E-state index contributed by atoms with van der Waals surface area (Å²) in [5, 5.41) is 2.90. The summed E-state index contributed by atoms with van der Waals surface area (Å²) in [7, 11) is 0. The van der Waals surface area contributed by atoms with Crippen molar-refractivity contribution in [1.82, 2.24) is 20.2 Å². The predicted octanol–water partition coefficient (Wildman–Crippen LogP) is 0.760. The van der Waals surface area contributed by atoms with Crippen LogP contribution in [0.15, 0.2) is 35.1 Å². The van der Waals surface area contributed by atoms with Crippen molar-refractivity contribution in [2.24, 2.45) is 0 Å². The Morgan fingerprint density at radius 3 is 2.92 bits per heavy atom. The van der Waals surface area contributed by atoms with Crippen LogP contribution in [0.1, 0.15) is 30.1 Å². The van der Waals surface area contributed by atoms with E-state index in [0.29, 0.717) is 36.3 Å². The van der Waals surface area contributed by atoms with Gasteiger partial charge in [0.25, 0.3) is 11.5 Å². The average Bonchev–Trinajstić information content (AvgIpc) is 2.94. The van der Waals surface area contributed by atoms with Gasteiger partial charge in [-0.05, 0) is 18.6 Å². The first kappa shape index (κ1) is 17.7. The molecule has 0 spiro atoms. The second-order valence-corrected chi connectivity index (χ2v) is 6.31. The maximum absolute atomic E-state index is 12.5. The molecule has 1 aliphatic rings. The van der Waals surface area contributed by atoms with Crippen LogP contribution in [-0.4, -0.2) is 45.8 Å². The van der Waals surface area contributed by atoms with E-state index in [1.807, 2.05) is 6.92 Å². The molecule has 1 aromatic carbocycles. The molecule has 4 N–H and O–H groups in total. The molecule has 1 fully saturated rings. The van der Waals surface area contributed by atoms with Gasteiger partial charge in [0.05, 0.1) is 11.7 Å². The summed E-state index contributed by atoms with van der Waals surface area (Å²) >= 11 is 0. The summed E-state index contributed by atoms with van der Waals surface area (Å²) in [6.07, 6.45) is 1.21. The molecule has 26 heavy (non-hydrogen) atoms. The molecule has 136 valence electrons. The third-order valence-electron chi connectivity index (χ3n) is 4.22. The minimum atomic E-state index is -0.358. The molecule has 1 aliphatic heterocycles. The third-order valence-corrected chi connectivity index (χ3v) is 4.22. The number of nitrogens with two attached hydrogens (primary N) is 1. The lowest BCUT2D eigenvalue weighted by molar-refractivity contribution is -0.127. The number of hydrogen-bond donors (Lipinski definition) is 3. The Balaban J connectivity index is 1.75. The highest BCUT2D eigenvalue weighted by Gasteiger charge is 2.30. The molecule has 3 rings (SSSR count). The van der Waals surface area contributed by atoms with E-state index < -0.39 is 0 Å². The Hall–Kier alpha value is -3.16. The van der Waals surface area contributed by atoms with Crippen LogP contribution >= 0.6 is 0 Å². The topological polar surface area (TPSA) is 121 Å². The molecule has 2 aromatic rings. The number of anilines is 1. The molecule has 1 unspecified atom stereocenters. The lowest BCUT2D eigenvalue weighted by Crippen LogP contribution is -2.37. The number of carbonyl (C=O) groups is 2. The summed E-state index contributed by atoms with van der Waals surface area (Å²) in [4.78, 5) is 44.2. The van der Waals surface area contributed by atoms with Crippen LogP contribution in [0.25, 0.3) is 11.3 Å². The second-order valence-electron chi connectivity index (χ2n) is 6.31. The van der Waals surface area contributed by atoms with E-state index in [9.17, 15) is 14.4 Å². The first-order chi connectivity index (χ1) is 12.5. The maximum atomic E-state index is 12.5. The molecular formula is C18H21N5O3. The molecule has 2 heterocycles. The number of nitrogens with zero attached hydrogens (tertiary/aromatic N) is 2. The Kier molecular flexibility index (Phi) is 5.01. The van der Waals surface area contributed by atoms with Crippen molar-refractivity contribution in [3.8, 4) is 11.3 Å². The number of rotatable bonds is 5. The first-order valence-corrected chi connectivity index (χ1v) is 8.52. The molecule has 2 amide bonds. The number of benzene rings is 1. The molecular weight excluding hydrogens is 334 g/mol. The van der Waals surface area contributed by atoms with Crippen LogP contribution in [-0.2, 0) is 4.79 Å². The predicted molar refractivity (Wildman–Crippen MR) is 97.4 cm³/mol. The fourth-order valence-electron chi connectivity index (χ4n) is 3.07. The Labute approximate surface area is 150 Å². The van der Waals surface area contributed by atoms with Gasteiger partial charge in [-0.25, -0.2) is 4.98 Å². The fourth-order valence-corrected chi connectivity index (χ4v) is 3.07. The maximum Gasteiger partial charge on any atom is 0.252 e. The van der Waals surface area contributed by atoms with Crippen molar-refractivity contribution in [2.45, 2.75) is 25.8 Å². The average molecular weight is 355 g/mol. The van der Waals surface area contributed by atoms with E-state index in [1.54, 1.807) is 29.2 Å². The normalized spacial score (nSPS) is 16.7. The number of amides is 2. The fraction of sp³-hybridized carbons (Fsp3) is 0.333. The van der Waals surface area contributed by atoms with Crippen LogP contribution in [0.2, 0.25) is 0 Å². The third kappa shape index (κ3) is 3.90. The van der Waals surface area contributed by atoms with E-state index in [-0.39, 0.29) is 29.4 Å². The second kappa shape index (κ2) is 7.38. The number of H-pyrrole nitrogens is 1. The number of aromatic nitrogens is 2. The van der Waals surface area contributed by atoms with E-state index >= 15 is 0 Å². The lowest BCUT2D eigenvalue weighted by atomic mass is 10.1. The lowest BCUT2D eigenvalue weighted by Gasteiger charge is -2.16. The van der Waals surface area contributed by atoms with E-state index in [2.05, 4.69) is 15.3 Å². The van der Waals surface area contributed by atoms with Crippen molar-refractivity contribution in [2.75, 3.05) is 18.8 Å². The number of aromatic amines is 1. The molecule has 0 saturated carbocycles. The molecule has 8 heteroatoms. The van der Waals surface area contributed by atoms with Gasteiger partial charge in [0.2, 0.25) is 11.9 Å². The minimum Gasteiger partial charge on any atom is -0.369 e. The standard InChI is InChI=1S/C18H21N5O3/c1-2-6-23-10-13(8-16(23)25)20-17(26)12-5-3-4-11(7-12)14-9-15(24)22-18(19)21-14/h3-5,7,9,13H,2,6,8,10H2,1H3,(H,20,26)(H3,19,21,22,24). The van der Waals surface area contributed by atoms with Gasteiger partial charge in [-0.15, -0.1) is 0 Å². The summed E-state index contributed by atoms with van der Waals surface area (Å²) in [6.45, 7) is 3.25. The Bertz CT molecular complexity index is 892. The molecule has 1 atom stereocenters. The summed E-state index contributed by atoms with van der Waals surface area (Å²) in [5.41, 5.74) is 6.66. The van der Waals surface area contributed by atoms with Gasteiger partial charge in [-0.3, -0.25) is 19.4 Å². The van der Waals surface area contributed by atoms with Crippen molar-refractivity contribution in [3.05, 3.63) is 46.2 Å². The van der Waals surface area contributed by atoms with Crippen molar-refractivity contribution in [3.63, 3.8) is 0 Å². The largest absolute Gasteiger partial charge is 0.369 e. The van der Waals surface area contributed by atoms with Gasteiger partial charge in [0.1, 0.15) is 0 Å². The molecule has 8 nitrogen and oxygen atoms in total. The highest BCUT2D eigenvalue weighted by molar-refractivity contribution is 5.96. The quantitative estimate of drug-likeness (QED) is 0.731. The summed E-state index contributed by atoms with van der Waals surface area (Å²) < 4.78 is 0. The van der Waals surface area contributed by atoms with Crippen molar-refractivity contribution < 1.29 is 9.59 Å². The van der Waals surface area contributed by atoms with Gasteiger partial charge >= 0.3 is 0 Å². The highest BCUT2D eigenvalue weighted by atomic mass is 16.2. The molecule has 0 aliphatic carbocycles. The molecule has 1 aromatic heterocycles. The van der Waals surface area contributed by atoms with E-state index in [4.69, 9.17) is 5.73 Å². The minimum absolute atomic E-state index is 0.0165. The zero-order valence-corrected chi connectivity index (χ0v) is 14.5. The van der Waals surface area contributed by atoms with Gasteiger partial charge in [-0.1, -0.05) is 19.1 Å². The van der Waals surface area contributed by atoms with E-state index in [1.165, 1.54) is 6.07 Å². The van der Waals surface area contributed by atoms with Crippen LogP contribution in [0, 0.1) is 0 Å². The van der Waals surface area contributed by atoms with Gasteiger partial charge in [-0.2, -0.15) is 0 Å². The number of likely N-dealkylation sites (tertiary alicyclic amines) is 1. The number of nitrogen functional groups attached to an aromatic ring is 1. The molecule has 1 saturated heterocycles. The number of hydrogen-bond acceptors (Lipinski definition) is 5. The van der Waals surface area contributed by atoms with Crippen LogP contribution in [0.4, 0.5) is 5.95 Å². The first-order valence-electron chi connectivity index (χ1n) is 8.52. The zero-order chi connectivity index (χ0) is 18.7. The monoisotopic (exact) mass is 355 g/mol. The van der Waals surface area contributed by atoms with Crippen molar-refractivity contribution >= 4 is 17.8 Å². The Morgan fingerprint density at radius 2 is 2.19 bits per heavy atom. The highest BCUT2D eigenvalue weighted by Crippen LogP contribution is 2.18. The van der Waals surface area contributed by atoms with Gasteiger partial charge < -0.3 is 16.0 Å². The van der Waals surface area contributed by atoms with Crippen molar-refractivity contribution in [1.29, 1.82) is 0 Å². The van der Waals surface area contributed by atoms with E-state index in [0.717, 1.165) is 6.42 Å². The van der Waals surface area contributed by atoms with Crippen LogP contribution in [0.3, 0.4) is 0 Å². The summed E-state index contributed by atoms with van der Waals surface area (Å²) in [6, 6.07) is 7.92. The number of carbonyl (C=O) groups excluding carboxylic acids is 2. The Morgan fingerprint density at radius 1 is 1.38 bits per heavy atom. The van der Waals surface area contributed by atoms with Gasteiger partial charge in [0, 0.05) is 36.7 Å². The molecule has 0 bridgehead atoms. The zero-order valence-electron chi connectivity index (χ0n) is 14.5.